The smallest absolute Gasteiger partial charge is 0.422 e. The number of alkyl halides is 3. The number of para-hydroxylation sites is 1. The number of ether oxygens (including phenoxy) is 2. The van der Waals surface area contributed by atoms with E-state index in [9.17, 15) is 32.9 Å². The third-order valence-corrected chi connectivity index (χ3v) is 5.09. The van der Waals surface area contributed by atoms with E-state index in [0.29, 0.717) is 6.29 Å². The summed E-state index contributed by atoms with van der Waals surface area (Å²) < 4.78 is 53.6. The van der Waals surface area contributed by atoms with Gasteiger partial charge < -0.3 is 19.2 Å². The number of nitro benzene ring substituents is 1. The Kier molecular flexibility index (Phi) is 7.22. The van der Waals surface area contributed by atoms with Crippen LogP contribution in [0.2, 0.25) is 0 Å². The second-order valence-electron chi connectivity index (χ2n) is 8.80. The summed E-state index contributed by atoms with van der Waals surface area (Å²) in [5.74, 6) is -0.514. The van der Waals surface area contributed by atoms with Gasteiger partial charge in [0.15, 0.2) is 0 Å². The minimum Gasteiger partial charge on any atom is -0.457 e. The van der Waals surface area contributed by atoms with Crippen molar-refractivity contribution in [3.63, 3.8) is 0 Å². The van der Waals surface area contributed by atoms with Crippen molar-refractivity contribution in [3.8, 4) is 11.5 Å². The number of anilines is 1. The summed E-state index contributed by atoms with van der Waals surface area (Å²) in [5, 5.41) is 11.7. The molecule has 1 saturated heterocycles. The second kappa shape index (κ2) is 9.80. The molecule has 3 rings (SSSR count). The molecule has 2 aromatic carbocycles. The molecule has 0 saturated carbocycles. The summed E-state index contributed by atoms with van der Waals surface area (Å²) in [5.41, 5.74) is -3.72. The molecule has 12 heteroatoms. The van der Waals surface area contributed by atoms with Gasteiger partial charge in [-0.25, -0.2) is 4.79 Å². The zero-order valence-corrected chi connectivity index (χ0v) is 19.2. The summed E-state index contributed by atoms with van der Waals surface area (Å²) in [7, 11) is 0. The van der Waals surface area contributed by atoms with Crippen LogP contribution in [-0.2, 0) is 15.7 Å². The van der Waals surface area contributed by atoms with Gasteiger partial charge in [-0.15, -0.1) is 0 Å². The van der Waals surface area contributed by atoms with Gasteiger partial charge in [-0.2, -0.15) is 13.2 Å². The summed E-state index contributed by atoms with van der Waals surface area (Å²) in [4.78, 5) is 37.2. The molecule has 188 valence electrons. The Bertz CT molecular complexity index is 1100. The zero-order valence-electron chi connectivity index (χ0n) is 19.2. The van der Waals surface area contributed by atoms with E-state index < -0.39 is 58.1 Å². The standard InChI is InChI=1S/C23H24F3N3O6/c1-22(2,3)35-21(31)28-12-11-27(13-15(28)14-30)20-17(29(32)33)9-10-18(19(20)23(24,25)26)34-16-7-5-4-6-8-16/h4-10,14-15H,11-13H2,1-3H3/t15-/m1/s1. The lowest BCUT2D eigenvalue weighted by Gasteiger charge is -2.40. The zero-order chi connectivity index (χ0) is 26.0. The normalized spacial score (nSPS) is 16.6. The summed E-state index contributed by atoms with van der Waals surface area (Å²) in [6.07, 6.45) is -5.43. The number of aldehydes is 1. The van der Waals surface area contributed by atoms with E-state index in [-0.39, 0.29) is 18.8 Å². The number of piperazine rings is 1. The summed E-state index contributed by atoms with van der Waals surface area (Å²) in [6, 6.07) is 8.33. The van der Waals surface area contributed by atoms with Gasteiger partial charge in [0.2, 0.25) is 0 Å². The predicted molar refractivity (Wildman–Crippen MR) is 120 cm³/mol. The second-order valence-corrected chi connectivity index (χ2v) is 8.80. The van der Waals surface area contributed by atoms with E-state index in [4.69, 9.17) is 9.47 Å². The molecule has 35 heavy (non-hydrogen) atoms. The van der Waals surface area contributed by atoms with E-state index in [2.05, 4.69) is 0 Å². The van der Waals surface area contributed by atoms with Crippen LogP contribution in [0.15, 0.2) is 42.5 Å². The average Bonchev–Trinajstić information content (AvgIpc) is 2.76. The monoisotopic (exact) mass is 495 g/mol. The van der Waals surface area contributed by atoms with Crippen LogP contribution in [-0.4, -0.2) is 53.5 Å². The molecule has 1 heterocycles. The van der Waals surface area contributed by atoms with Crippen molar-refractivity contribution in [2.75, 3.05) is 24.5 Å². The topological polar surface area (TPSA) is 102 Å². The largest absolute Gasteiger partial charge is 0.457 e. The maximum absolute atomic E-state index is 14.3. The van der Waals surface area contributed by atoms with Gasteiger partial charge in [0.05, 0.1) is 4.92 Å². The fraction of sp³-hybridized carbons (Fsp3) is 0.391. The van der Waals surface area contributed by atoms with Crippen molar-refractivity contribution in [1.29, 1.82) is 0 Å². The van der Waals surface area contributed by atoms with Crippen molar-refractivity contribution in [2.24, 2.45) is 0 Å². The van der Waals surface area contributed by atoms with Crippen molar-refractivity contribution in [3.05, 3.63) is 58.1 Å². The summed E-state index contributed by atoms with van der Waals surface area (Å²) >= 11 is 0. The third-order valence-electron chi connectivity index (χ3n) is 5.09. The van der Waals surface area contributed by atoms with Gasteiger partial charge in [0, 0.05) is 25.7 Å². The van der Waals surface area contributed by atoms with Crippen LogP contribution in [0.4, 0.5) is 29.3 Å². The Morgan fingerprint density at radius 2 is 1.77 bits per heavy atom. The van der Waals surface area contributed by atoms with Crippen LogP contribution in [0.1, 0.15) is 26.3 Å². The number of hydrogen-bond acceptors (Lipinski definition) is 7. The number of amides is 1. The number of carbonyl (C=O) groups is 2. The van der Waals surface area contributed by atoms with Gasteiger partial charge >= 0.3 is 12.3 Å². The molecule has 0 spiro atoms. The number of halogens is 3. The molecule has 2 aromatic rings. The number of hydrogen-bond donors (Lipinski definition) is 0. The quantitative estimate of drug-likeness (QED) is 0.326. The lowest BCUT2D eigenvalue weighted by atomic mass is 10.0. The van der Waals surface area contributed by atoms with E-state index in [1.807, 2.05) is 0 Å². The van der Waals surface area contributed by atoms with Crippen LogP contribution < -0.4 is 9.64 Å². The van der Waals surface area contributed by atoms with Crippen LogP contribution in [0.3, 0.4) is 0 Å². The predicted octanol–water partition coefficient (Wildman–Crippen LogP) is 5.03. The number of carbonyl (C=O) groups excluding carboxylic acids is 2. The van der Waals surface area contributed by atoms with Crippen molar-refractivity contribution < 1.29 is 37.2 Å². The van der Waals surface area contributed by atoms with Gasteiger partial charge in [-0.1, -0.05) is 18.2 Å². The Morgan fingerprint density at radius 3 is 2.31 bits per heavy atom. The minimum atomic E-state index is -5.02. The van der Waals surface area contributed by atoms with Gasteiger partial charge in [-0.3, -0.25) is 15.0 Å². The molecular formula is C23H24F3N3O6. The van der Waals surface area contributed by atoms with Crippen molar-refractivity contribution in [2.45, 2.75) is 38.6 Å². The Labute approximate surface area is 199 Å². The first kappa shape index (κ1) is 25.8. The first-order chi connectivity index (χ1) is 16.3. The van der Waals surface area contributed by atoms with Crippen molar-refractivity contribution in [1.82, 2.24) is 4.90 Å². The maximum Gasteiger partial charge on any atom is 0.422 e. The average molecular weight is 495 g/mol. The van der Waals surface area contributed by atoms with E-state index >= 15 is 0 Å². The molecule has 9 nitrogen and oxygen atoms in total. The van der Waals surface area contributed by atoms with E-state index in [0.717, 1.165) is 21.9 Å². The van der Waals surface area contributed by atoms with Gasteiger partial charge in [0.1, 0.15) is 40.7 Å². The van der Waals surface area contributed by atoms with E-state index in [1.54, 1.807) is 39.0 Å². The third kappa shape index (κ3) is 6.00. The highest BCUT2D eigenvalue weighted by molar-refractivity contribution is 5.78. The van der Waals surface area contributed by atoms with E-state index in [1.165, 1.54) is 12.1 Å². The first-order valence-electron chi connectivity index (χ1n) is 10.6. The SMILES string of the molecule is CC(C)(C)OC(=O)N1CCN(c2c([N+](=O)[O-])ccc(Oc3ccccc3)c2C(F)(F)F)C[C@@H]1C=O. The molecule has 0 N–H and O–H groups in total. The van der Waals surface area contributed by atoms with Crippen molar-refractivity contribution >= 4 is 23.8 Å². The Balaban J connectivity index is 2.06. The fourth-order valence-electron chi connectivity index (χ4n) is 3.68. The highest BCUT2D eigenvalue weighted by Gasteiger charge is 2.45. The lowest BCUT2D eigenvalue weighted by molar-refractivity contribution is -0.384. The summed E-state index contributed by atoms with van der Waals surface area (Å²) in [6.45, 7) is 4.11. The number of rotatable bonds is 5. The molecule has 1 amide bonds. The van der Waals surface area contributed by atoms with Gasteiger partial charge in [-0.05, 0) is 39.0 Å². The van der Waals surface area contributed by atoms with Crippen LogP contribution in [0.25, 0.3) is 0 Å². The number of nitro groups is 1. The molecule has 1 aliphatic rings. The Morgan fingerprint density at radius 1 is 1.11 bits per heavy atom. The molecule has 0 unspecified atom stereocenters. The maximum atomic E-state index is 14.3. The molecular weight excluding hydrogens is 471 g/mol. The molecule has 1 fully saturated rings. The lowest BCUT2D eigenvalue weighted by Crippen LogP contribution is -2.57. The molecule has 0 aromatic heterocycles. The molecule has 0 radical (unpaired) electrons. The molecule has 1 atom stereocenters. The van der Waals surface area contributed by atoms with Gasteiger partial charge in [0.25, 0.3) is 5.69 Å². The minimum absolute atomic E-state index is 0.110. The number of nitrogens with zero attached hydrogens (tertiary/aromatic N) is 3. The molecule has 1 aliphatic heterocycles. The van der Waals surface area contributed by atoms with Crippen LogP contribution in [0, 0.1) is 10.1 Å². The molecule has 0 aliphatic carbocycles. The fourth-order valence-corrected chi connectivity index (χ4v) is 3.68. The highest BCUT2D eigenvalue weighted by atomic mass is 19.4. The Hall–Kier alpha value is -3.83. The van der Waals surface area contributed by atoms with Crippen LogP contribution >= 0.6 is 0 Å². The highest BCUT2D eigenvalue weighted by Crippen LogP contribution is 2.48. The van der Waals surface area contributed by atoms with Crippen LogP contribution in [0.5, 0.6) is 11.5 Å². The first-order valence-corrected chi connectivity index (χ1v) is 10.6. The molecule has 0 bridgehead atoms. The number of benzene rings is 2.